The third-order valence-electron chi connectivity index (χ3n) is 2.47. The molecule has 0 radical (unpaired) electrons. The number of benzene rings is 1. The van der Waals surface area contributed by atoms with Crippen LogP contribution in [-0.4, -0.2) is 27.8 Å². The van der Waals surface area contributed by atoms with Crippen LogP contribution in [-0.2, 0) is 0 Å². The van der Waals surface area contributed by atoms with Crippen LogP contribution in [0.4, 0.5) is 5.69 Å². The first-order chi connectivity index (χ1) is 9.52. The van der Waals surface area contributed by atoms with Gasteiger partial charge >= 0.3 is 11.7 Å². The lowest BCUT2D eigenvalue weighted by Gasteiger charge is -2.04. The predicted octanol–water partition coefficient (Wildman–Crippen LogP) is 2.35. The van der Waals surface area contributed by atoms with Gasteiger partial charge in [0.1, 0.15) is 5.69 Å². The summed E-state index contributed by atoms with van der Waals surface area (Å²) in [6.45, 7) is 2.02. The molecule has 0 saturated carbocycles. The average molecular weight is 278 g/mol. The van der Waals surface area contributed by atoms with Gasteiger partial charge < -0.3 is 14.4 Å². The SMILES string of the molecule is CCOc1ccc(-c2cc(C(=O)O)on2)cc1[N+](=O)[O-]. The summed E-state index contributed by atoms with van der Waals surface area (Å²) < 4.78 is 9.76. The van der Waals surface area contributed by atoms with Gasteiger partial charge in [-0.3, -0.25) is 10.1 Å². The van der Waals surface area contributed by atoms with Crippen molar-refractivity contribution >= 4 is 11.7 Å². The van der Waals surface area contributed by atoms with E-state index < -0.39 is 10.9 Å². The summed E-state index contributed by atoms with van der Waals surface area (Å²) in [4.78, 5) is 21.1. The second-order valence-corrected chi connectivity index (χ2v) is 3.75. The molecule has 20 heavy (non-hydrogen) atoms. The highest BCUT2D eigenvalue weighted by Gasteiger charge is 2.19. The summed E-state index contributed by atoms with van der Waals surface area (Å²) in [5, 5.41) is 23.3. The molecule has 1 heterocycles. The number of aromatic carboxylic acids is 1. The molecule has 1 N–H and O–H groups in total. The van der Waals surface area contributed by atoms with Crippen molar-refractivity contribution in [2.24, 2.45) is 0 Å². The Balaban J connectivity index is 2.44. The Morgan fingerprint density at radius 3 is 2.80 bits per heavy atom. The lowest BCUT2D eigenvalue weighted by atomic mass is 10.1. The molecule has 0 aliphatic carbocycles. The molecule has 0 atom stereocenters. The summed E-state index contributed by atoms with van der Waals surface area (Å²) >= 11 is 0. The molecule has 104 valence electrons. The van der Waals surface area contributed by atoms with Crippen LogP contribution in [0.3, 0.4) is 0 Å². The molecule has 2 rings (SSSR count). The molecule has 1 aromatic heterocycles. The number of hydrogen-bond donors (Lipinski definition) is 1. The van der Waals surface area contributed by atoms with Crippen LogP contribution >= 0.6 is 0 Å². The Kier molecular flexibility index (Phi) is 3.65. The number of carboxylic acid groups (broad SMARTS) is 1. The van der Waals surface area contributed by atoms with Crippen LogP contribution in [0.15, 0.2) is 28.8 Å². The normalized spacial score (nSPS) is 10.2. The molecule has 0 fully saturated rings. The zero-order valence-electron chi connectivity index (χ0n) is 10.4. The molecule has 0 spiro atoms. The van der Waals surface area contributed by atoms with Crippen LogP contribution in [0.1, 0.15) is 17.5 Å². The maximum atomic E-state index is 11.0. The molecule has 0 amide bonds. The zero-order chi connectivity index (χ0) is 14.7. The molecule has 0 aliphatic rings. The molecule has 0 unspecified atom stereocenters. The van der Waals surface area contributed by atoms with Gasteiger partial charge in [-0.25, -0.2) is 4.79 Å². The van der Waals surface area contributed by atoms with E-state index in [2.05, 4.69) is 9.68 Å². The standard InChI is InChI=1S/C12H10N2O6/c1-2-19-10-4-3-7(5-9(10)14(17)18)8-6-11(12(15)16)20-13-8/h3-6H,2H2,1H3,(H,15,16). The van der Waals surface area contributed by atoms with E-state index in [4.69, 9.17) is 9.84 Å². The van der Waals surface area contributed by atoms with E-state index in [1.54, 1.807) is 13.0 Å². The lowest BCUT2D eigenvalue weighted by Crippen LogP contribution is -1.97. The van der Waals surface area contributed by atoms with Crippen LogP contribution in [0.5, 0.6) is 5.75 Å². The third kappa shape index (κ3) is 2.58. The minimum Gasteiger partial charge on any atom is -0.487 e. The van der Waals surface area contributed by atoms with Gasteiger partial charge in [0.2, 0.25) is 5.76 Å². The van der Waals surface area contributed by atoms with Crippen LogP contribution in [0.25, 0.3) is 11.3 Å². The summed E-state index contributed by atoms with van der Waals surface area (Å²) in [5.41, 5.74) is 0.356. The van der Waals surface area contributed by atoms with Crippen molar-refractivity contribution in [1.29, 1.82) is 0 Å². The molecular formula is C12H10N2O6. The van der Waals surface area contributed by atoms with E-state index in [0.29, 0.717) is 12.2 Å². The highest BCUT2D eigenvalue weighted by molar-refractivity contribution is 5.85. The van der Waals surface area contributed by atoms with E-state index in [9.17, 15) is 14.9 Å². The zero-order valence-corrected chi connectivity index (χ0v) is 10.4. The number of rotatable bonds is 5. The predicted molar refractivity (Wildman–Crippen MR) is 66.7 cm³/mol. The number of carboxylic acids is 1. The highest BCUT2D eigenvalue weighted by Crippen LogP contribution is 2.32. The van der Waals surface area contributed by atoms with Gasteiger partial charge in [0.05, 0.1) is 11.5 Å². The van der Waals surface area contributed by atoms with Crippen molar-refractivity contribution < 1.29 is 24.1 Å². The smallest absolute Gasteiger partial charge is 0.374 e. The van der Waals surface area contributed by atoms with Crippen molar-refractivity contribution in [2.45, 2.75) is 6.92 Å². The number of nitro groups is 1. The minimum absolute atomic E-state index is 0.142. The molecular weight excluding hydrogens is 268 g/mol. The molecule has 0 aliphatic heterocycles. The van der Waals surface area contributed by atoms with Gasteiger partial charge in [-0.05, 0) is 19.1 Å². The van der Waals surface area contributed by atoms with Gasteiger partial charge in [-0.15, -0.1) is 0 Å². The Labute approximate surface area is 112 Å². The molecule has 0 saturated heterocycles. The van der Waals surface area contributed by atoms with Crippen LogP contribution in [0, 0.1) is 10.1 Å². The third-order valence-corrected chi connectivity index (χ3v) is 2.47. The van der Waals surface area contributed by atoms with Crippen LogP contribution in [0.2, 0.25) is 0 Å². The summed E-state index contributed by atoms with van der Waals surface area (Å²) in [7, 11) is 0. The van der Waals surface area contributed by atoms with E-state index in [1.165, 1.54) is 18.2 Å². The number of nitro benzene ring substituents is 1. The topological polar surface area (TPSA) is 116 Å². The number of ether oxygens (including phenoxy) is 1. The van der Waals surface area contributed by atoms with E-state index in [0.717, 1.165) is 0 Å². The monoisotopic (exact) mass is 278 g/mol. The quantitative estimate of drug-likeness (QED) is 0.659. The van der Waals surface area contributed by atoms with Crippen molar-refractivity contribution in [3.05, 3.63) is 40.1 Å². The first-order valence-electron chi connectivity index (χ1n) is 5.64. The highest BCUT2D eigenvalue weighted by atomic mass is 16.6. The largest absolute Gasteiger partial charge is 0.487 e. The van der Waals surface area contributed by atoms with Gasteiger partial charge in [-0.1, -0.05) is 5.16 Å². The molecule has 2 aromatic rings. The fourth-order valence-electron chi connectivity index (χ4n) is 1.61. The maximum Gasteiger partial charge on any atom is 0.374 e. The fourth-order valence-corrected chi connectivity index (χ4v) is 1.61. The van der Waals surface area contributed by atoms with Gasteiger partial charge in [0.15, 0.2) is 5.75 Å². The second kappa shape index (κ2) is 5.39. The Hall–Kier alpha value is -2.90. The lowest BCUT2D eigenvalue weighted by molar-refractivity contribution is -0.385. The maximum absolute atomic E-state index is 11.0. The number of hydrogen-bond acceptors (Lipinski definition) is 6. The van der Waals surface area contributed by atoms with Gasteiger partial charge in [0, 0.05) is 17.7 Å². The van der Waals surface area contributed by atoms with Crippen LogP contribution < -0.4 is 4.74 Å². The molecule has 1 aromatic carbocycles. The van der Waals surface area contributed by atoms with Gasteiger partial charge in [-0.2, -0.15) is 0 Å². The molecule has 8 nitrogen and oxygen atoms in total. The second-order valence-electron chi connectivity index (χ2n) is 3.75. The van der Waals surface area contributed by atoms with Crippen molar-refractivity contribution in [1.82, 2.24) is 5.16 Å². The Morgan fingerprint density at radius 1 is 1.50 bits per heavy atom. The summed E-state index contributed by atoms with van der Waals surface area (Å²) in [6, 6.07) is 5.43. The fraction of sp³-hybridized carbons (Fsp3) is 0.167. The number of carbonyl (C=O) groups is 1. The first-order valence-corrected chi connectivity index (χ1v) is 5.64. The van der Waals surface area contributed by atoms with Crippen molar-refractivity contribution in [3.63, 3.8) is 0 Å². The van der Waals surface area contributed by atoms with E-state index >= 15 is 0 Å². The minimum atomic E-state index is -1.26. The van der Waals surface area contributed by atoms with Gasteiger partial charge in [0.25, 0.3) is 0 Å². The molecule has 0 bridgehead atoms. The first kappa shape index (κ1) is 13.5. The number of nitrogens with zero attached hydrogens (tertiary/aromatic N) is 2. The summed E-state index contributed by atoms with van der Waals surface area (Å²) in [5.74, 6) is -1.45. The van der Waals surface area contributed by atoms with Crippen molar-refractivity contribution in [2.75, 3.05) is 6.61 Å². The van der Waals surface area contributed by atoms with Crippen molar-refractivity contribution in [3.8, 4) is 17.0 Å². The molecule has 8 heteroatoms. The van der Waals surface area contributed by atoms with E-state index in [-0.39, 0.29) is 22.9 Å². The average Bonchev–Trinajstić information content (AvgIpc) is 2.89. The Bertz CT molecular complexity index is 664. The van der Waals surface area contributed by atoms with E-state index in [1.807, 2.05) is 0 Å². The number of aromatic nitrogens is 1. The summed E-state index contributed by atoms with van der Waals surface area (Å²) in [6.07, 6.45) is 0. The Morgan fingerprint density at radius 2 is 2.25 bits per heavy atom.